The molecule has 0 radical (unpaired) electrons. The minimum Gasteiger partial charge on any atom is -0.314 e. The highest BCUT2D eigenvalue weighted by molar-refractivity contribution is 7.10. The summed E-state index contributed by atoms with van der Waals surface area (Å²) in [6.07, 6.45) is 1.89. The summed E-state index contributed by atoms with van der Waals surface area (Å²) in [6.45, 7) is 4.29. The molecule has 0 aliphatic carbocycles. The molecular weight excluding hydrogens is 242 g/mol. The average molecular weight is 259 g/mol. The Balaban J connectivity index is 1.93. The molecule has 18 heavy (non-hydrogen) atoms. The Morgan fingerprint density at radius 1 is 1.17 bits per heavy atom. The van der Waals surface area contributed by atoms with Gasteiger partial charge in [0.25, 0.3) is 0 Å². The molecule has 1 atom stereocenters. The van der Waals surface area contributed by atoms with Gasteiger partial charge in [0.05, 0.1) is 11.7 Å². The van der Waals surface area contributed by atoms with E-state index in [1.807, 2.05) is 23.6 Å². The van der Waals surface area contributed by atoms with Crippen LogP contribution in [0.15, 0.2) is 41.9 Å². The van der Waals surface area contributed by atoms with Crippen LogP contribution in [0.2, 0.25) is 0 Å². The first-order valence-electron chi connectivity index (χ1n) is 6.34. The quantitative estimate of drug-likeness (QED) is 0.915. The maximum atomic E-state index is 4.55. The van der Waals surface area contributed by atoms with Gasteiger partial charge in [-0.3, -0.25) is 9.88 Å². The number of hydrogen-bond donors (Lipinski definition) is 1. The van der Waals surface area contributed by atoms with Crippen molar-refractivity contribution in [3.8, 4) is 0 Å². The number of nitrogens with one attached hydrogen (secondary N) is 1. The Bertz CT molecular complexity index is 463. The monoisotopic (exact) mass is 259 g/mol. The number of aromatic nitrogens is 1. The summed E-state index contributed by atoms with van der Waals surface area (Å²) < 4.78 is 0. The number of piperazine rings is 1. The van der Waals surface area contributed by atoms with Gasteiger partial charge in [0, 0.05) is 37.3 Å². The first-order valence-corrected chi connectivity index (χ1v) is 7.22. The second kappa shape index (κ2) is 5.61. The third-order valence-corrected chi connectivity index (χ3v) is 4.22. The molecule has 0 saturated carbocycles. The van der Waals surface area contributed by atoms with Crippen molar-refractivity contribution in [1.82, 2.24) is 15.2 Å². The zero-order valence-electron chi connectivity index (χ0n) is 10.2. The predicted octanol–water partition coefficient (Wildman–Crippen LogP) is 2.14. The Morgan fingerprint density at radius 2 is 2.06 bits per heavy atom. The first kappa shape index (κ1) is 11.8. The SMILES string of the molecule is c1ccc(C(c2cccs2)N2CCNCC2)nc1. The van der Waals surface area contributed by atoms with E-state index in [0.29, 0.717) is 6.04 Å². The van der Waals surface area contributed by atoms with Crippen molar-refractivity contribution in [2.45, 2.75) is 6.04 Å². The zero-order valence-corrected chi connectivity index (χ0v) is 11.1. The minimum atomic E-state index is 0.313. The fourth-order valence-electron chi connectivity index (χ4n) is 2.44. The van der Waals surface area contributed by atoms with Crippen LogP contribution in [-0.4, -0.2) is 36.1 Å². The van der Waals surface area contributed by atoms with E-state index >= 15 is 0 Å². The van der Waals surface area contributed by atoms with E-state index in [2.05, 4.69) is 44.8 Å². The van der Waals surface area contributed by atoms with Crippen molar-refractivity contribution in [2.75, 3.05) is 26.2 Å². The largest absolute Gasteiger partial charge is 0.314 e. The van der Waals surface area contributed by atoms with Crippen molar-refractivity contribution in [2.24, 2.45) is 0 Å². The molecule has 1 unspecified atom stereocenters. The molecule has 1 aliphatic rings. The highest BCUT2D eigenvalue weighted by Gasteiger charge is 2.25. The standard InChI is InChI=1S/C14H17N3S/c1-2-6-16-12(4-1)14(13-5-3-11-18-13)17-9-7-15-8-10-17/h1-6,11,14-15H,7-10H2. The van der Waals surface area contributed by atoms with Gasteiger partial charge >= 0.3 is 0 Å². The molecule has 4 heteroatoms. The fraction of sp³-hybridized carbons (Fsp3) is 0.357. The molecule has 0 spiro atoms. The average Bonchev–Trinajstić information content (AvgIpc) is 2.95. The summed E-state index contributed by atoms with van der Waals surface area (Å²) in [5, 5.41) is 5.55. The lowest BCUT2D eigenvalue weighted by atomic mass is 10.1. The van der Waals surface area contributed by atoms with E-state index in [1.165, 1.54) is 4.88 Å². The van der Waals surface area contributed by atoms with E-state index in [-0.39, 0.29) is 0 Å². The van der Waals surface area contributed by atoms with Crippen LogP contribution >= 0.6 is 11.3 Å². The van der Waals surface area contributed by atoms with Crippen LogP contribution in [0.25, 0.3) is 0 Å². The molecule has 0 bridgehead atoms. The molecule has 1 N–H and O–H groups in total. The number of nitrogens with zero attached hydrogens (tertiary/aromatic N) is 2. The maximum Gasteiger partial charge on any atom is 0.0870 e. The summed E-state index contributed by atoms with van der Waals surface area (Å²) in [6, 6.07) is 10.8. The van der Waals surface area contributed by atoms with E-state index in [1.54, 1.807) is 0 Å². The number of pyridine rings is 1. The van der Waals surface area contributed by atoms with Crippen molar-refractivity contribution >= 4 is 11.3 Å². The van der Waals surface area contributed by atoms with Gasteiger partial charge in [-0.25, -0.2) is 0 Å². The van der Waals surface area contributed by atoms with Crippen LogP contribution < -0.4 is 5.32 Å². The fourth-order valence-corrected chi connectivity index (χ4v) is 3.31. The summed E-state index contributed by atoms with van der Waals surface area (Å²) in [5.74, 6) is 0. The molecule has 1 aliphatic heterocycles. The summed E-state index contributed by atoms with van der Waals surface area (Å²) in [5.41, 5.74) is 1.15. The van der Waals surface area contributed by atoms with E-state index in [4.69, 9.17) is 0 Å². The molecule has 1 saturated heterocycles. The van der Waals surface area contributed by atoms with E-state index in [9.17, 15) is 0 Å². The van der Waals surface area contributed by atoms with E-state index in [0.717, 1.165) is 31.9 Å². The van der Waals surface area contributed by atoms with Gasteiger partial charge in [0.1, 0.15) is 0 Å². The summed E-state index contributed by atoms with van der Waals surface area (Å²) >= 11 is 1.82. The molecule has 3 heterocycles. The molecule has 3 rings (SSSR count). The highest BCUT2D eigenvalue weighted by Crippen LogP contribution is 2.30. The van der Waals surface area contributed by atoms with Crippen molar-refractivity contribution < 1.29 is 0 Å². The topological polar surface area (TPSA) is 28.2 Å². The van der Waals surface area contributed by atoms with Gasteiger partial charge in [-0.1, -0.05) is 12.1 Å². The molecule has 0 amide bonds. The number of rotatable bonds is 3. The lowest BCUT2D eigenvalue weighted by molar-refractivity contribution is 0.198. The lowest BCUT2D eigenvalue weighted by Gasteiger charge is -2.34. The zero-order chi connectivity index (χ0) is 12.2. The van der Waals surface area contributed by atoms with Crippen molar-refractivity contribution in [1.29, 1.82) is 0 Å². The van der Waals surface area contributed by atoms with Gasteiger partial charge < -0.3 is 5.32 Å². The lowest BCUT2D eigenvalue weighted by Crippen LogP contribution is -2.45. The number of thiophene rings is 1. The Morgan fingerprint density at radius 3 is 2.72 bits per heavy atom. The Labute approximate surface area is 111 Å². The van der Waals surface area contributed by atoms with Crippen LogP contribution in [-0.2, 0) is 0 Å². The highest BCUT2D eigenvalue weighted by atomic mass is 32.1. The molecule has 1 fully saturated rings. The molecule has 2 aromatic heterocycles. The van der Waals surface area contributed by atoms with Gasteiger partial charge in [0.2, 0.25) is 0 Å². The second-order valence-corrected chi connectivity index (χ2v) is 5.44. The van der Waals surface area contributed by atoms with E-state index < -0.39 is 0 Å². The van der Waals surface area contributed by atoms with Crippen LogP contribution in [0.3, 0.4) is 0 Å². The van der Waals surface area contributed by atoms with Gasteiger partial charge in [-0.05, 0) is 23.6 Å². The maximum absolute atomic E-state index is 4.55. The molecule has 0 aromatic carbocycles. The van der Waals surface area contributed by atoms with Gasteiger partial charge in [-0.15, -0.1) is 11.3 Å². The van der Waals surface area contributed by atoms with Crippen LogP contribution in [0.4, 0.5) is 0 Å². The second-order valence-electron chi connectivity index (χ2n) is 4.46. The third-order valence-electron chi connectivity index (χ3n) is 3.30. The van der Waals surface area contributed by atoms with Crippen LogP contribution in [0, 0.1) is 0 Å². The Kier molecular flexibility index (Phi) is 3.69. The minimum absolute atomic E-state index is 0.313. The molecular formula is C14H17N3S. The Hall–Kier alpha value is -1.23. The van der Waals surface area contributed by atoms with Crippen molar-refractivity contribution in [3.63, 3.8) is 0 Å². The smallest absolute Gasteiger partial charge is 0.0870 e. The third kappa shape index (κ3) is 2.46. The van der Waals surface area contributed by atoms with Crippen LogP contribution in [0.1, 0.15) is 16.6 Å². The molecule has 2 aromatic rings. The predicted molar refractivity (Wildman–Crippen MR) is 74.8 cm³/mol. The van der Waals surface area contributed by atoms with Gasteiger partial charge in [0.15, 0.2) is 0 Å². The normalized spacial score (nSPS) is 18.7. The van der Waals surface area contributed by atoms with Crippen LogP contribution in [0.5, 0.6) is 0 Å². The van der Waals surface area contributed by atoms with Crippen molar-refractivity contribution in [3.05, 3.63) is 52.5 Å². The van der Waals surface area contributed by atoms with Gasteiger partial charge in [-0.2, -0.15) is 0 Å². The molecule has 3 nitrogen and oxygen atoms in total. The first-order chi connectivity index (χ1) is 8.95. The summed E-state index contributed by atoms with van der Waals surface area (Å²) in [4.78, 5) is 8.46. The number of hydrogen-bond acceptors (Lipinski definition) is 4. The summed E-state index contributed by atoms with van der Waals surface area (Å²) in [7, 11) is 0. The molecule has 94 valence electrons.